The predicted molar refractivity (Wildman–Crippen MR) is 166 cm³/mol. The molecule has 1 amide bonds. The molecule has 4 fully saturated rings. The zero-order chi connectivity index (χ0) is 30.9. The number of amides is 1. The molecule has 1 saturated carbocycles. The smallest absolute Gasteiger partial charge is 0.407 e. The molecule has 3 aliphatic heterocycles. The van der Waals surface area contributed by atoms with Crippen LogP contribution in [-0.2, 0) is 20.0 Å². The van der Waals surface area contributed by atoms with Crippen molar-refractivity contribution in [2.75, 3.05) is 57.8 Å². The van der Waals surface area contributed by atoms with E-state index in [1.165, 1.54) is 19.2 Å². The van der Waals surface area contributed by atoms with Crippen LogP contribution in [-0.4, -0.2) is 83.6 Å². The van der Waals surface area contributed by atoms with Crippen LogP contribution in [0.4, 0.5) is 14.9 Å². The zero-order valence-corrected chi connectivity index (χ0v) is 26.1. The number of likely N-dealkylation sites (tertiary alicyclic amines) is 1. The third-order valence-corrected chi connectivity index (χ3v) is 12.6. The summed E-state index contributed by atoms with van der Waals surface area (Å²) in [4.78, 5) is 17.3. The van der Waals surface area contributed by atoms with E-state index < -0.39 is 21.3 Å². The number of sulfone groups is 1. The van der Waals surface area contributed by atoms with Gasteiger partial charge in [-0.1, -0.05) is 18.6 Å². The standard InChI is InChI=1S/C33H42FN5O4S/c1-43-32(40)37-31-7-3-6-30(31)33(22-35,25-4-2-5-26(34)16-25)24-12-14-38(15-13-24)19-23-20-39(21-23)27-8-10-28(11-9-27)44(41,42)29-17-36-18-29/h2,4-5,8-11,16,23-24,29-31,36H,3,6-7,12-15,17-21H2,1H3,(H,37,40)/t30-,31-,33-/m0/s1. The molecule has 3 saturated heterocycles. The number of ether oxygens (including phenoxy) is 1. The monoisotopic (exact) mass is 623 g/mol. The molecule has 11 heteroatoms. The van der Waals surface area contributed by atoms with Crippen LogP contribution in [0.15, 0.2) is 53.4 Å². The van der Waals surface area contributed by atoms with Crippen molar-refractivity contribution in [3.05, 3.63) is 59.9 Å². The van der Waals surface area contributed by atoms with E-state index in [1.807, 2.05) is 18.2 Å². The summed E-state index contributed by atoms with van der Waals surface area (Å²) in [7, 11) is -1.92. The van der Waals surface area contributed by atoms with Gasteiger partial charge in [0.05, 0.1) is 28.7 Å². The van der Waals surface area contributed by atoms with Gasteiger partial charge in [-0.05, 0) is 86.7 Å². The Morgan fingerprint density at radius 3 is 2.45 bits per heavy atom. The van der Waals surface area contributed by atoms with Gasteiger partial charge in [-0.25, -0.2) is 17.6 Å². The lowest BCUT2D eigenvalue weighted by Crippen LogP contribution is -2.55. The summed E-state index contributed by atoms with van der Waals surface area (Å²) < 4.78 is 44.8. The van der Waals surface area contributed by atoms with Gasteiger partial charge >= 0.3 is 6.09 Å². The summed E-state index contributed by atoms with van der Waals surface area (Å²) in [6.07, 6.45) is 3.62. The number of benzene rings is 2. The van der Waals surface area contributed by atoms with Crippen molar-refractivity contribution in [2.24, 2.45) is 17.8 Å². The zero-order valence-electron chi connectivity index (χ0n) is 25.3. The van der Waals surface area contributed by atoms with E-state index in [9.17, 15) is 22.9 Å². The lowest BCUT2D eigenvalue weighted by Gasteiger charge is -2.48. The van der Waals surface area contributed by atoms with Crippen LogP contribution >= 0.6 is 0 Å². The molecule has 0 aromatic heterocycles. The average molecular weight is 624 g/mol. The minimum atomic E-state index is -3.27. The molecular formula is C33H42FN5O4S. The Balaban J connectivity index is 1.08. The first-order valence-electron chi connectivity index (χ1n) is 15.8. The Morgan fingerprint density at radius 2 is 1.84 bits per heavy atom. The fourth-order valence-corrected chi connectivity index (χ4v) is 9.55. The summed E-state index contributed by atoms with van der Waals surface area (Å²) in [5, 5.41) is 16.6. The summed E-state index contributed by atoms with van der Waals surface area (Å²) in [6, 6.07) is 16.3. The average Bonchev–Trinajstić information content (AvgIpc) is 3.43. The number of alkyl carbamates (subject to hydrolysis) is 1. The largest absolute Gasteiger partial charge is 0.453 e. The van der Waals surface area contributed by atoms with Gasteiger partial charge in [0.1, 0.15) is 5.82 Å². The van der Waals surface area contributed by atoms with E-state index in [-0.39, 0.29) is 28.9 Å². The number of methoxy groups -OCH3 is 1. The summed E-state index contributed by atoms with van der Waals surface area (Å²) >= 11 is 0. The summed E-state index contributed by atoms with van der Waals surface area (Å²) in [5.74, 6) is 0.0795. The summed E-state index contributed by atoms with van der Waals surface area (Å²) in [6.45, 7) is 5.59. The van der Waals surface area contributed by atoms with Crippen LogP contribution in [0.3, 0.4) is 0 Å². The highest BCUT2D eigenvalue weighted by Gasteiger charge is 2.52. The van der Waals surface area contributed by atoms with Crippen molar-refractivity contribution >= 4 is 21.6 Å². The molecule has 4 aliphatic rings. The van der Waals surface area contributed by atoms with E-state index in [4.69, 9.17) is 4.74 Å². The molecule has 0 spiro atoms. The second kappa shape index (κ2) is 12.7. The van der Waals surface area contributed by atoms with Crippen molar-refractivity contribution in [1.82, 2.24) is 15.5 Å². The van der Waals surface area contributed by atoms with Gasteiger partial charge < -0.3 is 25.2 Å². The molecule has 9 nitrogen and oxygen atoms in total. The molecule has 44 heavy (non-hydrogen) atoms. The Kier molecular flexibility index (Phi) is 8.86. The number of carbonyl (C=O) groups excluding carboxylic acids is 1. The van der Waals surface area contributed by atoms with Crippen LogP contribution in [0.2, 0.25) is 0 Å². The van der Waals surface area contributed by atoms with Gasteiger partial charge in [0.15, 0.2) is 9.84 Å². The number of halogens is 1. The lowest BCUT2D eigenvalue weighted by molar-refractivity contribution is 0.0938. The van der Waals surface area contributed by atoms with Crippen LogP contribution in [0.5, 0.6) is 0 Å². The first-order chi connectivity index (χ1) is 21.2. The van der Waals surface area contributed by atoms with Gasteiger partial charge in [0, 0.05) is 56.3 Å². The second-order valence-electron chi connectivity index (χ2n) is 12.9. The van der Waals surface area contributed by atoms with Gasteiger partial charge in [0.2, 0.25) is 0 Å². The number of nitriles is 1. The number of rotatable bonds is 9. The Bertz CT molecular complexity index is 1480. The number of hydrogen-bond acceptors (Lipinski definition) is 8. The van der Waals surface area contributed by atoms with E-state index in [0.717, 1.165) is 70.5 Å². The minimum Gasteiger partial charge on any atom is -0.453 e. The van der Waals surface area contributed by atoms with Gasteiger partial charge in [-0.3, -0.25) is 0 Å². The van der Waals surface area contributed by atoms with E-state index in [2.05, 4.69) is 26.5 Å². The molecule has 0 unspecified atom stereocenters. The molecule has 3 heterocycles. The fraction of sp³-hybridized carbons (Fsp3) is 0.576. The molecule has 2 aromatic rings. The molecule has 236 valence electrons. The highest BCUT2D eigenvalue weighted by molar-refractivity contribution is 7.92. The number of nitrogens with one attached hydrogen (secondary N) is 2. The third kappa shape index (κ3) is 5.80. The van der Waals surface area contributed by atoms with Gasteiger partial charge in [-0.15, -0.1) is 0 Å². The van der Waals surface area contributed by atoms with Crippen molar-refractivity contribution in [1.29, 1.82) is 5.26 Å². The number of nitrogens with zero attached hydrogens (tertiary/aromatic N) is 3. The predicted octanol–water partition coefficient (Wildman–Crippen LogP) is 3.71. The van der Waals surface area contributed by atoms with Gasteiger partial charge in [-0.2, -0.15) is 5.26 Å². The Labute approximate surface area is 259 Å². The number of piperidine rings is 1. The van der Waals surface area contributed by atoms with Crippen molar-refractivity contribution < 1.29 is 22.3 Å². The highest BCUT2D eigenvalue weighted by atomic mass is 32.2. The van der Waals surface area contributed by atoms with Crippen LogP contribution < -0.4 is 15.5 Å². The number of anilines is 1. The summed E-state index contributed by atoms with van der Waals surface area (Å²) in [5.41, 5.74) is 0.851. The number of carbonyl (C=O) groups is 1. The first-order valence-corrected chi connectivity index (χ1v) is 17.3. The maximum atomic E-state index is 14.5. The van der Waals surface area contributed by atoms with E-state index in [0.29, 0.717) is 29.5 Å². The van der Waals surface area contributed by atoms with Gasteiger partial charge in [0.25, 0.3) is 0 Å². The Morgan fingerprint density at radius 1 is 1.11 bits per heavy atom. The maximum absolute atomic E-state index is 14.5. The fourth-order valence-electron chi connectivity index (χ4n) is 7.98. The topological polar surface area (TPSA) is 115 Å². The van der Waals surface area contributed by atoms with Crippen LogP contribution in [0.25, 0.3) is 0 Å². The normalized spacial score (nSPS) is 25.0. The Hall–Kier alpha value is -3.20. The van der Waals surface area contributed by atoms with Crippen LogP contribution in [0, 0.1) is 34.9 Å². The molecule has 3 atom stereocenters. The molecule has 2 aromatic carbocycles. The molecule has 0 radical (unpaired) electrons. The van der Waals surface area contributed by atoms with Crippen molar-refractivity contribution in [3.8, 4) is 6.07 Å². The first kappa shape index (κ1) is 30.8. The van der Waals surface area contributed by atoms with Crippen molar-refractivity contribution in [3.63, 3.8) is 0 Å². The SMILES string of the molecule is COC(=O)N[C@H]1CCC[C@@H]1[C@](C#N)(c1cccc(F)c1)C1CCN(CC2CN(c3ccc(S(=O)(=O)C4CNC4)cc3)C2)CC1. The third-order valence-electron chi connectivity index (χ3n) is 10.5. The van der Waals surface area contributed by atoms with Crippen LogP contribution in [0.1, 0.15) is 37.7 Å². The van der Waals surface area contributed by atoms with E-state index in [1.54, 1.807) is 18.2 Å². The quantitative estimate of drug-likeness (QED) is 0.435. The molecular weight excluding hydrogens is 581 g/mol. The number of hydrogen-bond donors (Lipinski definition) is 2. The molecule has 2 N–H and O–H groups in total. The molecule has 1 aliphatic carbocycles. The minimum absolute atomic E-state index is 0.0407. The van der Waals surface area contributed by atoms with E-state index >= 15 is 0 Å². The molecule has 6 rings (SSSR count). The second-order valence-corrected chi connectivity index (χ2v) is 15.2. The lowest BCUT2D eigenvalue weighted by atomic mass is 9.59. The molecule has 0 bridgehead atoms. The maximum Gasteiger partial charge on any atom is 0.407 e. The van der Waals surface area contributed by atoms with Crippen molar-refractivity contribution in [2.45, 2.75) is 53.7 Å². The highest BCUT2D eigenvalue weighted by Crippen LogP contribution is 2.50.